The molecule has 1 fully saturated rings. The standard InChI is InChI=1S/C14H25N3O4/c1-8(2)5-15-12(18)10(4)16-14(21)17-6-9(3)11(7-17)13(19)20/h8-11H,5-7H2,1-4H3,(H,15,18)(H,16,21)(H,19,20). The molecule has 0 bridgehead atoms. The second-order valence-corrected chi connectivity index (χ2v) is 6.14. The van der Waals surface area contributed by atoms with Crippen LogP contribution in [-0.4, -0.2) is 53.6 Å². The Labute approximate surface area is 125 Å². The molecule has 1 aliphatic rings. The molecule has 120 valence electrons. The van der Waals surface area contributed by atoms with Crippen molar-refractivity contribution < 1.29 is 19.5 Å². The van der Waals surface area contributed by atoms with Crippen molar-refractivity contribution in [2.45, 2.75) is 33.7 Å². The van der Waals surface area contributed by atoms with Gasteiger partial charge in [0.25, 0.3) is 0 Å². The maximum Gasteiger partial charge on any atom is 0.318 e. The summed E-state index contributed by atoms with van der Waals surface area (Å²) in [7, 11) is 0. The molecule has 0 aromatic heterocycles. The topological polar surface area (TPSA) is 98.7 Å². The predicted octanol–water partition coefficient (Wildman–Crippen LogP) is 0.509. The Morgan fingerprint density at radius 1 is 1.24 bits per heavy atom. The largest absolute Gasteiger partial charge is 0.481 e. The van der Waals surface area contributed by atoms with Crippen molar-refractivity contribution in [2.24, 2.45) is 17.8 Å². The number of hydrogen-bond acceptors (Lipinski definition) is 3. The Morgan fingerprint density at radius 2 is 1.86 bits per heavy atom. The third kappa shape index (κ3) is 4.91. The number of amides is 3. The van der Waals surface area contributed by atoms with Crippen LogP contribution >= 0.6 is 0 Å². The monoisotopic (exact) mass is 299 g/mol. The quantitative estimate of drug-likeness (QED) is 0.689. The van der Waals surface area contributed by atoms with Crippen LogP contribution in [0.2, 0.25) is 0 Å². The SMILES string of the molecule is CC(C)CNC(=O)C(C)NC(=O)N1CC(C)C(C(=O)O)C1. The highest BCUT2D eigenvalue weighted by Gasteiger charge is 2.37. The van der Waals surface area contributed by atoms with E-state index in [4.69, 9.17) is 5.11 Å². The van der Waals surface area contributed by atoms with Gasteiger partial charge in [0.15, 0.2) is 0 Å². The van der Waals surface area contributed by atoms with Crippen LogP contribution in [0.1, 0.15) is 27.7 Å². The molecule has 0 spiro atoms. The van der Waals surface area contributed by atoms with Crippen LogP contribution in [0.3, 0.4) is 0 Å². The Morgan fingerprint density at radius 3 is 2.33 bits per heavy atom. The maximum absolute atomic E-state index is 12.1. The van der Waals surface area contributed by atoms with Crippen LogP contribution in [0.25, 0.3) is 0 Å². The lowest BCUT2D eigenvalue weighted by Crippen LogP contribution is -2.50. The second kappa shape index (κ2) is 7.28. The normalized spacial score (nSPS) is 23.0. The highest BCUT2D eigenvalue weighted by atomic mass is 16.4. The zero-order valence-electron chi connectivity index (χ0n) is 13.0. The number of nitrogens with zero attached hydrogens (tertiary/aromatic N) is 1. The van der Waals surface area contributed by atoms with E-state index in [-0.39, 0.29) is 18.4 Å². The van der Waals surface area contributed by atoms with Gasteiger partial charge >= 0.3 is 12.0 Å². The number of carbonyl (C=O) groups is 3. The molecule has 0 aromatic carbocycles. The first-order valence-electron chi connectivity index (χ1n) is 7.28. The first kappa shape index (κ1) is 17.3. The fourth-order valence-electron chi connectivity index (χ4n) is 2.25. The Bertz CT molecular complexity index is 411. The van der Waals surface area contributed by atoms with E-state index in [2.05, 4.69) is 10.6 Å². The van der Waals surface area contributed by atoms with Crippen LogP contribution in [0.4, 0.5) is 4.79 Å². The number of aliphatic carboxylic acids is 1. The molecule has 3 unspecified atom stereocenters. The first-order valence-corrected chi connectivity index (χ1v) is 7.28. The summed E-state index contributed by atoms with van der Waals surface area (Å²) in [6.45, 7) is 8.53. The van der Waals surface area contributed by atoms with Gasteiger partial charge in [-0.2, -0.15) is 0 Å². The molecule has 21 heavy (non-hydrogen) atoms. The van der Waals surface area contributed by atoms with Gasteiger partial charge in [0.2, 0.25) is 5.91 Å². The third-order valence-electron chi connectivity index (χ3n) is 3.63. The summed E-state index contributed by atoms with van der Waals surface area (Å²) < 4.78 is 0. The lowest BCUT2D eigenvalue weighted by Gasteiger charge is -2.20. The van der Waals surface area contributed by atoms with E-state index in [1.807, 2.05) is 20.8 Å². The molecule has 0 aromatic rings. The fraction of sp³-hybridized carbons (Fsp3) is 0.786. The van der Waals surface area contributed by atoms with Crippen molar-refractivity contribution in [1.29, 1.82) is 0 Å². The van der Waals surface area contributed by atoms with E-state index in [9.17, 15) is 14.4 Å². The van der Waals surface area contributed by atoms with E-state index in [0.717, 1.165) is 0 Å². The molecule has 1 saturated heterocycles. The number of urea groups is 1. The van der Waals surface area contributed by atoms with Gasteiger partial charge in [0.1, 0.15) is 6.04 Å². The number of carbonyl (C=O) groups excluding carboxylic acids is 2. The molecule has 0 saturated carbocycles. The summed E-state index contributed by atoms with van der Waals surface area (Å²) in [4.78, 5) is 36.3. The lowest BCUT2D eigenvalue weighted by molar-refractivity contribution is -0.142. The van der Waals surface area contributed by atoms with E-state index >= 15 is 0 Å². The second-order valence-electron chi connectivity index (χ2n) is 6.14. The summed E-state index contributed by atoms with van der Waals surface area (Å²) in [5, 5.41) is 14.4. The number of likely N-dealkylation sites (tertiary alicyclic amines) is 1. The average molecular weight is 299 g/mol. The Balaban J connectivity index is 2.46. The molecule has 3 amide bonds. The van der Waals surface area contributed by atoms with Gasteiger partial charge in [-0.25, -0.2) is 4.79 Å². The van der Waals surface area contributed by atoms with Gasteiger partial charge in [-0.3, -0.25) is 9.59 Å². The first-order chi connectivity index (χ1) is 9.72. The van der Waals surface area contributed by atoms with Gasteiger partial charge in [-0.1, -0.05) is 20.8 Å². The minimum absolute atomic E-state index is 0.0849. The van der Waals surface area contributed by atoms with Crippen LogP contribution < -0.4 is 10.6 Å². The molecule has 3 N–H and O–H groups in total. The molecule has 0 aliphatic carbocycles. The third-order valence-corrected chi connectivity index (χ3v) is 3.63. The van der Waals surface area contributed by atoms with E-state index in [0.29, 0.717) is 19.0 Å². The van der Waals surface area contributed by atoms with Crippen molar-refractivity contribution in [3.8, 4) is 0 Å². The molecule has 0 radical (unpaired) electrons. The van der Waals surface area contributed by atoms with Gasteiger partial charge in [-0.05, 0) is 18.8 Å². The van der Waals surface area contributed by atoms with Crippen molar-refractivity contribution in [2.75, 3.05) is 19.6 Å². The van der Waals surface area contributed by atoms with Gasteiger partial charge in [0.05, 0.1) is 5.92 Å². The molecule has 1 rings (SSSR count). The van der Waals surface area contributed by atoms with Crippen LogP contribution in [0.5, 0.6) is 0 Å². The van der Waals surface area contributed by atoms with Crippen LogP contribution in [-0.2, 0) is 9.59 Å². The molecular weight excluding hydrogens is 274 g/mol. The highest BCUT2D eigenvalue weighted by molar-refractivity contribution is 5.87. The summed E-state index contributed by atoms with van der Waals surface area (Å²) in [5.41, 5.74) is 0. The Hall–Kier alpha value is -1.79. The summed E-state index contributed by atoms with van der Waals surface area (Å²) >= 11 is 0. The molecular formula is C14H25N3O4. The van der Waals surface area contributed by atoms with Gasteiger partial charge in [0, 0.05) is 19.6 Å². The minimum atomic E-state index is -0.888. The minimum Gasteiger partial charge on any atom is -0.481 e. The number of hydrogen-bond donors (Lipinski definition) is 3. The van der Waals surface area contributed by atoms with Crippen LogP contribution in [0, 0.1) is 17.8 Å². The Kier molecular flexibility index (Phi) is 5.99. The highest BCUT2D eigenvalue weighted by Crippen LogP contribution is 2.23. The smallest absolute Gasteiger partial charge is 0.318 e. The van der Waals surface area contributed by atoms with Crippen molar-refractivity contribution in [1.82, 2.24) is 15.5 Å². The maximum atomic E-state index is 12.1. The lowest BCUT2D eigenvalue weighted by atomic mass is 9.99. The number of carboxylic acid groups (broad SMARTS) is 1. The molecule has 1 aliphatic heterocycles. The zero-order chi connectivity index (χ0) is 16.2. The number of rotatable bonds is 5. The number of carboxylic acids is 1. The summed E-state index contributed by atoms with van der Waals surface area (Å²) in [6, 6.07) is -1.03. The van der Waals surface area contributed by atoms with Gasteiger partial charge < -0.3 is 20.6 Å². The molecule has 3 atom stereocenters. The van der Waals surface area contributed by atoms with E-state index in [1.54, 1.807) is 6.92 Å². The fourth-order valence-corrected chi connectivity index (χ4v) is 2.25. The van der Waals surface area contributed by atoms with Crippen molar-refractivity contribution >= 4 is 17.9 Å². The van der Waals surface area contributed by atoms with Crippen molar-refractivity contribution in [3.05, 3.63) is 0 Å². The predicted molar refractivity (Wildman–Crippen MR) is 77.7 cm³/mol. The van der Waals surface area contributed by atoms with E-state index in [1.165, 1.54) is 4.90 Å². The van der Waals surface area contributed by atoms with E-state index < -0.39 is 24.0 Å². The molecule has 7 heteroatoms. The molecule has 7 nitrogen and oxygen atoms in total. The average Bonchev–Trinajstić information content (AvgIpc) is 2.78. The zero-order valence-corrected chi connectivity index (χ0v) is 13.0. The summed E-state index contributed by atoms with van der Waals surface area (Å²) in [6.07, 6.45) is 0. The van der Waals surface area contributed by atoms with Crippen LogP contribution in [0.15, 0.2) is 0 Å². The van der Waals surface area contributed by atoms with Crippen molar-refractivity contribution in [3.63, 3.8) is 0 Å². The van der Waals surface area contributed by atoms with Gasteiger partial charge in [-0.15, -0.1) is 0 Å². The molecule has 1 heterocycles. The number of nitrogens with one attached hydrogen (secondary N) is 2. The summed E-state index contributed by atoms with van der Waals surface area (Å²) in [5.74, 6) is -1.41.